The van der Waals surface area contributed by atoms with Crippen LogP contribution in [-0.4, -0.2) is 24.3 Å². The first-order valence-electron chi connectivity index (χ1n) is 13.0. The lowest BCUT2D eigenvalue weighted by molar-refractivity contribution is -0.140. The molecule has 1 fully saturated rings. The molecule has 1 N–H and O–H groups in total. The molecule has 3 heteroatoms. The first-order valence-corrected chi connectivity index (χ1v) is 13.0. The van der Waals surface area contributed by atoms with Gasteiger partial charge in [-0.05, 0) is 92.7 Å². The van der Waals surface area contributed by atoms with Crippen LogP contribution < -0.4 is 0 Å². The number of esters is 1. The summed E-state index contributed by atoms with van der Waals surface area (Å²) in [5.74, 6) is 1.87. The number of benzene rings is 1. The Balaban J connectivity index is 1.46. The monoisotopic (exact) mass is 440 g/mol. The number of rotatable bonds is 11. The van der Waals surface area contributed by atoms with E-state index < -0.39 is 0 Å². The van der Waals surface area contributed by atoms with Crippen molar-refractivity contribution >= 4 is 5.97 Å². The molecule has 0 bridgehead atoms. The van der Waals surface area contributed by atoms with E-state index in [1.807, 2.05) is 0 Å². The van der Waals surface area contributed by atoms with Gasteiger partial charge < -0.3 is 9.84 Å². The molecule has 0 aliphatic heterocycles. The number of hydrogen-bond donors (Lipinski definition) is 1. The van der Waals surface area contributed by atoms with Crippen LogP contribution in [-0.2, 0) is 22.4 Å². The summed E-state index contributed by atoms with van der Waals surface area (Å²) in [5, 5.41) is 9.72. The zero-order valence-corrected chi connectivity index (χ0v) is 20.4. The normalized spacial score (nSPS) is 23.9. The third-order valence-electron chi connectivity index (χ3n) is 7.82. The second-order valence-corrected chi connectivity index (χ2v) is 10.5. The molecule has 0 heterocycles. The first kappa shape index (κ1) is 25.0. The summed E-state index contributed by atoms with van der Waals surface area (Å²) in [6.07, 6.45) is 15.2. The molecule has 0 spiro atoms. The van der Waals surface area contributed by atoms with Gasteiger partial charge in [0.05, 0.1) is 6.61 Å². The van der Waals surface area contributed by atoms with Crippen LogP contribution in [0.2, 0.25) is 0 Å². The summed E-state index contributed by atoms with van der Waals surface area (Å²) >= 11 is 0. The summed E-state index contributed by atoms with van der Waals surface area (Å²) in [6.45, 7) is 7.94. The minimum absolute atomic E-state index is 0.0360. The van der Waals surface area contributed by atoms with Gasteiger partial charge in [-0.2, -0.15) is 0 Å². The Kier molecular flexibility index (Phi) is 9.84. The van der Waals surface area contributed by atoms with Crippen molar-refractivity contribution in [3.63, 3.8) is 0 Å². The van der Waals surface area contributed by atoms with Gasteiger partial charge in [0, 0.05) is 18.1 Å². The Morgan fingerprint density at radius 2 is 1.91 bits per heavy atom. The Morgan fingerprint density at radius 3 is 2.59 bits per heavy atom. The van der Waals surface area contributed by atoms with E-state index in [9.17, 15) is 9.90 Å². The largest absolute Gasteiger partial charge is 0.462 e. The Hall–Kier alpha value is -1.61. The summed E-state index contributed by atoms with van der Waals surface area (Å²) in [4.78, 5) is 11.6. The number of ether oxygens (including phenoxy) is 1. The highest BCUT2D eigenvalue weighted by Crippen LogP contribution is 2.40. The molecule has 1 saturated carbocycles. The number of aliphatic hydroxyl groups excluding tert-OH is 1. The second-order valence-electron chi connectivity index (χ2n) is 10.5. The van der Waals surface area contributed by atoms with Crippen LogP contribution in [0.25, 0.3) is 0 Å². The molecule has 3 rings (SSSR count). The topological polar surface area (TPSA) is 46.5 Å². The van der Waals surface area contributed by atoms with Gasteiger partial charge in [-0.3, -0.25) is 0 Å². The van der Waals surface area contributed by atoms with Crippen molar-refractivity contribution in [2.75, 3.05) is 13.2 Å². The molecule has 1 aromatic rings. The van der Waals surface area contributed by atoms with Gasteiger partial charge in [0.2, 0.25) is 0 Å². The standard InChI is InChI=1S/C29H44O3/c1-4-5-6-7-22-10-13-28-18-27(15-14-26(28)17-22)25-11-8-23(9-12-25)16-24(19-30)20-32-29(31)21(2)3/h14-15,18,22-25,30H,2,4-13,16-17,19-20H2,1,3H3. The maximum atomic E-state index is 11.6. The first-order chi connectivity index (χ1) is 15.5. The third-order valence-corrected chi connectivity index (χ3v) is 7.82. The van der Waals surface area contributed by atoms with Crippen LogP contribution in [0, 0.1) is 17.8 Å². The summed E-state index contributed by atoms with van der Waals surface area (Å²) < 4.78 is 5.28. The third kappa shape index (κ3) is 7.20. The number of aliphatic hydroxyl groups is 1. The molecule has 1 aromatic carbocycles. The number of unbranched alkanes of at least 4 members (excludes halogenated alkanes) is 2. The fraction of sp³-hybridized carbons (Fsp3) is 0.690. The molecule has 0 aromatic heterocycles. The van der Waals surface area contributed by atoms with Crippen molar-refractivity contribution in [2.45, 2.75) is 96.8 Å². The molecule has 178 valence electrons. The van der Waals surface area contributed by atoms with Crippen molar-refractivity contribution in [3.8, 4) is 0 Å². The zero-order chi connectivity index (χ0) is 22.9. The van der Waals surface area contributed by atoms with Crippen molar-refractivity contribution < 1.29 is 14.6 Å². The van der Waals surface area contributed by atoms with E-state index in [4.69, 9.17) is 4.74 Å². The molecule has 2 aliphatic carbocycles. The molecule has 2 unspecified atom stereocenters. The van der Waals surface area contributed by atoms with Crippen LogP contribution in [0.1, 0.15) is 101 Å². The van der Waals surface area contributed by atoms with Crippen molar-refractivity contribution in [1.82, 2.24) is 0 Å². The highest BCUT2D eigenvalue weighted by atomic mass is 16.5. The number of aryl methyl sites for hydroxylation is 1. The fourth-order valence-electron chi connectivity index (χ4n) is 5.75. The van der Waals surface area contributed by atoms with Gasteiger partial charge in [0.15, 0.2) is 0 Å². The summed E-state index contributed by atoms with van der Waals surface area (Å²) in [5.41, 5.74) is 5.17. The predicted molar refractivity (Wildman–Crippen MR) is 132 cm³/mol. The molecule has 0 radical (unpaired) electrons. The molecule has 2 aliphatic rings. The lowest BCUT2D eigenvalue weighted by atomic mass is 9.74. The predicted octanol–water partition coefficient (Wildman–Crippen LogP) is 6.76. The minimum atomic E-state index is -0.355. The Morgan fingerprint density at radius 1 is 1.12 bits per heavy atom. The Bertz CT molecular complexity index is 745. The molecule has 0 amide bonds. The molecule has 3 nitrogen and oxygen atoms in total. The lowest BCUT2D eigenvalue weighted by Gasteiger charge is -2.32. The summed E-state index contributed by atoms with van der Waals surface area (Å²) in [7, 11) is 0. The highest BCUT2D eigenvalue weighted by Gasteiger charge is 2.26. The van der Waals surface area contributed by atoms with E-state index in [1.165, 1.54) is 70.6 Å². The van der Waals surface area contributed by atoms with Crippen LogP contribution in [0.3, 0.4) is 0 Å². The van der Waals surface area contributed by atoms with Crippen molar-refractivity contribution in [3.05, 3.63) is 47.0 Å². The maximum Gasteiger partial charge on any atom is 0.333 e. The number of hydrogen-bond acceptors (Lipinski definition) is 3. The van der Waals surface area contributed by atoms with Gasteiger partial charge >= 0.3 is 5.97 Å². The van der Waals surface area contributed by atoms with E-state index in [0.29, 0.717) is 24.0 Å². The van der Waals surface area contributed by atoms with Gasteiger partial charge in [-0.15, -0.1) is 0 Å². The van der Waals surface area contributed by atoms with Gasteiger partial charge in [0.25, 0.3) is 0 Å². The van der Waals surface area contributed by atoms with Crippen LogP contribution in [0.4, 0.5) is 0 Å². The zero-order valence-electron chi connectivity index (χ0n) is 20.4. The quantitative estimate of drug-likeness (QED) is 0.235. The van der Waals surface area contributed by atoms with E-state index in [-0.39, 0.29) is 18.5 Å². The minimum Gasteiger partial charge on any atom is -0.462 e. The molecule has 0 saturated heterocycles. The maximum absolute atomic E-state index is 11.6. The van der Waals surface area contributed by atoms with E-state index in [0.717, 1.165) is 12.3 Å². The average Bonchev–Trinajstić information content (AvgIpc) is 2.81. The molecule has 32 heavy (non-hydrogen) atoms. The van der Waals surface area contributed by atoms with E-state index >= 15 is 0 Å². The molecular formula is C29H44O3. The van der Waals surface area contributed by atoms with Crippen LogP contribution >= 0.6 is 0 Å². The van der Waals surface area contributed by atoms with Gasteiger partial charge in [-0.25, -0.2) is 4.79 Å². The smallest absolute Gasteiger partial charge is 0.333 e. The molecular weight excluding hydrogens is 396 g/mol. The van der Waals surface area contributed by atoms with Gasteiger partial charge in [0.1, 0.15) is 0 Å². The lowest BCUT2D eigenvalue weighted by Crippen LogP contribution is -2.23. The highest BCUT2D eigenvalue weighted by molar-refractivity contribution is 5.86. The average molecular weight is 441 g/mol. The number of carbonyl (C=O) groups excluding carboxylic acids is 1. The SMILES string of the molecule is C=C(C)C(=O)OCC(CO)CC1CCC(c2ccc3c(c2)CCC(CCCCC)C3)CC1. The van der Waals surface area contributed by atoms with E-state index in [1.54, 1.807) is 23.6 Å². The number of fused-ring (bicyclic) bond motifs is 1. The number of carbonyl (C=O) groups is 1. The van der Waals surface area contributed by atoms with Crippen molar-refractivity contribution in [1.29, 1.82) is 0 Å². The fourth-order valence-corrected chi connectivity index (χ4v) is 5.75. The van der Waals surface area contributed by atoms with Gasteiger partial charge in [-0.1, -0.05) is 57.4 Å². The molecule has 2 atom stereocenters. The second kappa shape index (κ2) is 12.6. The summed E-state index contributed by atoms with van der Waals surface area (Å²) in [6, 6.07) is 7.36. The van der Waals surface area contributed by atoms with Crippen LogP contribution in [0.15, 0.2) is 30.4 Å². The van der Waals surface area contributed by atoms with E-state index in [2.05, 4.69) is 31.7 Å². The van der Waals surface area contributed by atoms with Crippen LogP contribution in [0.5, 0.6) is 0 Å². The van der Waals surface area contributed by atoms with Crippen molar-refractivity contribution in [2.24, 2.45) is 17.8 Å². The Labute approximate surface area is 195 Å².